The molecule has 1 saturated heterocycles. The lowest BCUT2D eigenvalue weighted by Crippen LogP contribution is -2.30. The maximum absolute atomic E-state index is 12.6. The lowest BCUT2D eigenvalue weighted by Gasteiger charge is -2.16. The summed E-state index contributed by atoms with van der Waals surface area (Å²) < 4.78 is 13.2. The molecular weight excluding hydrogens is 438 g/mol. The second kappa shape index (κ2) is 9.38. The predicted molar refractivity (Wildman–Crippen MR) is 121 cm³/mol. The smallest absolute Gasteiger partial charge is 0.338 e. The second-order valence-electron chi connectivity index (χ2n) is 7.72. The number of nitrogens with zero attached hydrogens (tertiary/aromatic N) is 4. The number of carbonyl (C=O) groups is 2. The Bertz CT molecular complexity index is 1310. The van der Waals surface area contributed by atoms with Crippen LogP contribution in [0.15, 0.2) is 73.3 Å². The SMILES string of the molecule is O=C(Nc1ncnc2c1ncn2[C@H]1C[C@@H](OC(=O)c2ccccc2)[C@@H](CO)O1)c1ccccc1. The number of amides is 1. The lowest BCUT2D eigenvalue weighted by atomic mass is 10.1. The third kappa shape index (κ3) is 4.24. The lowest BCUT2D eigenvalue weighted by molar-refractivity contribution is -0.0500. The molecule has 34 heavy (non-hydrogen) atoms. The highest BCUT2D eigenvalue weighted by molar-refractivity contribution is 6.06. The van der Waals surface area contributed by atoms with Crippen LogP contribution in [0.5, 0.6) is 0 Å². The van der Waals surface area contributed by atoms with Gasteiger partial charge in [0.25, 0.3) is 5.91 Å². The van der Waals surface area contributed by atoms with Crippen LogP contribution in [-0.2, 0) is 9.47 Å². The molecule has 0 unspecified atom stereocenters. The minimum Gasteiger partial charge on any atom is -0.456 e. The highest BCUT2D eigenvalue weighted by Crippen LogP contribution is 2.33. The molecule has 172 valence electrons. The zero-order valence-corrected chi connectivity index (χ0v) is 17.9. The van der Waals surface area contributed by atoms with Gasteiger partial charge in [0.15, 0.2) is 17.0 Å². The van der Waals surface area contributed by atoms with Crippen molar-refractivity contribution in [2.24, 2.45) is 0 Å². The first-order chi connectivity index (χ1) is 16.6. The Hall–Kier alpha value is -4.15. The van der Waals surface area contributed by atoms with Crippen LogP contribution in [0.25, 0.3) is 11.2 Å². The zero-order chi connectivity index (χ0) is 23.5. The molecule has 3 atom stereocenters. The molecular formula is C24H21N5O5. The standard InChI is InChI=1S/C24H21N5O5/c30-12-18-17(34-24(32)16-9-5-2-6-10-16)11-19(33-18)29-14-27-20-21(25-13-26-22(20)29)28-23(31)15-7-3-1-4-8-15/h1-10,13-14,17-19,30H,11-12H2,(H,25,26,28,31)/t17-,18-,19-/m1/s1. The number of esters is 1. The number of carbonyl (C=O) groups excluding carboxylic acids is 2. The van der Waals surface area contributed by atoms with Crippen molar-refractivity contribution < 1.29 is 24.2 Å². The van der Waals surface area contributed by atoms with Gasteiger partial charge in [0, 0.05) is 12.0 Å². The van der Waals surface area contributed by atoms with Gasteiger partial charge in [0.05, 0.1) is 18.5 Å². The average Bonchev–Trinajstić information content (AvgIpc) is 3.49. The number of benzene rings is 2. The summed E-state index contributed by atoms with van der Waals surface area (Å²) in [6.07, 6.45) is 1.21. The average molecular weight is 459 g/mol. The summed E-state index contributed by atoms with van der Waals surface area (Å²) in [6, 6.07) is 17.4. The van der Waals surface area contributed by atoms with E-state index in [1.54, 1.807) is 53.1 Å². The number of rotatable bonds is 6. The Kier molecular flexibility index (Phi) is 5.98. The van der Waals surface area contributed by atoms with E-state index in [1.165, 1.54) is 12.7 Å². The number of aliphatic hydroxyl groups excluding tert-OH is 1. The van der Waals surface area contributed by atoms with E-state index < -0.39 is 24.4 Å². The topological polar surface area (TPSA) is 128 Å². The van der Waals surface area contributed by atoms with E-state index in [2.05, 4.69) is 20.3 Å². The van der Waals surface area contributed by atoms with Gasteiger partial charge >= 0.3 is 5.97 Å². The number of aliphatic hydroxyl groups is 1. The molecule has 2 N–H and O–H groups in total. The number of nitrogens with one attached hydrogen (secondary N) is 1. The molecule has 2 aromatic heterocycles. The highest BCUT2D eigenvalue weighted by Gasteiger charge is 2.39. The molecule has 4 aromatic rings. The Labute approximate surface area is 194 Å². The summed E-state index contributed by atoms with van der Waals surface area (Å²) in [6.45, 7) is -0.316. The van der Waals surface area contributed by atoms with Gasteiger partial charge in [0.1, 0.15) is 24.8 Å². The normalized spacial score (nSPS) is 19.7. The van der Waals surface area contributed by atoms with Gasteiger partial charge in [-0.05, 0) is 24.3 Å². The maximum atomic E-state index is 12.6. The summed E-state index contributed by atoms with van der Waals surface area (Å²) in [4.78, 5) is 37.9. The fourth-order valence-electron chi connectivity index (χ4n) is 3.86. The van der Waals surface area contributed by atoms with Crippen LogP contribution in [0.3, 0.4) is 0 Å². The van der Waals surface area contributed by atoms with Crippen molar-refractivity contribution in [1.29, 1.82) is 0 Å². The molecule has 2 aromatic carbocycles. The highest BCUT2D eigenvalue weighted by atomic mass is 16.6. The van der Waals surface area contributed by atoms with E-state index in [-0.39, 0.29) is 18.3 Å². The van der Waals surface area contributed by atoms with Crippen molar-refractivity contribution in [1.82, 2.24) is 19.5 Å². The third-order valence-electron chi connectivity index (χ3n) is 5.57. The predicted octanol–water partition coefficient (Wildman–Crippen LogP) is 2.58. The van der Waals surface area contributed by atoms with Crippen molar-refractivity contribution >= 4 is 28.9 Å². The number of hydrogen-bond donors (Lipinski definition) is 2. The summed E-state index contributed by atoms with van der Waals surface area (Å²) >= 11 is 0. The fraction of sp³-hybridized carbons (Fsp3) is 0.208. The van der Waals surface area contributed by atoms with E-state index in [0.717, 1.165) is 0 Å². The van der Waals surface area contributed by atoms with Crippen molar-refractivity contribution in [3.8, 4) is 0 Å². The Morgan fingerprint density at radius 3 is 2.44 bits per heavy atom. The van der Waals surface area contributed by atoms with Crippen LogP contribution in [0.1, 0.15) is 33.4 Å². The molecule has 10 heteroatoms. The van der Waals surface area contributed by atoms with Crippen LogP contribution < -0.4 is 5.32 Å². The fourth-order valence-corrected chi connectivity index (χ4v) is 3.86. The first-order valence-corrected chi connectivity index (χ1v) is 10.7. The van der Waals surface area contributed by atoms with Gasteiger partial charge in [-0.1, -0.05) is 36.4 Å². The Balaban J connectivity index is 1.35. The molecule has 10 nitrogen and oxygen atoms in total. The summed E-state index contributed by atoms with van der Waals surface area (Å²) in [7, 11) is 0. The number of aromatic nitrogens is 4. The van der Waals surface area contributed by atoms with E-state index in [9.17, 15) is 14.7 Å². The van der Waals surface area contributed by atoms with Gasteiger partial charge in [-0.3, -0.25) is 9.36 Å². The molecule has 1 amide bonds. The molecule has 1 aliphatic rings. The molecule has 0 bridgehead atoms. The minimum absolute atomic E-state index is 0.265. The number of hydrogen-bond acceptors (Lipinski definition) is 8. The molecule has 0 radical (unpaired) electrons. The minimum atomic E-state index is -0.700. The molecule has 0 spiro atoms. The van der Waals surface area contributed by atoms with Crippen molar-refractivity contribution in [3.63, 3.8) is 0 Å². The third-order valence-corrected chi connectivity index (χ3v) is 5.57. The van der Waals surface area contributed by atoms with Gasteiger partial charge in [0.2, 0.25) is 0 Å². The zero-order valence-electron chi connectivity index (χ0n) is 17.9. The molecule has 0 saturated carbocycles. The van der Waals surface area contributed by atoms with Crippen LogP contribution in [0.4, 0.5) is 5.82 Å². The molecule has 1 aliphatic heterocycles. The van der Waals surface area contributed by atoms with Crippen molar-refractivity contribution in [2.75, 3.05) is 11.9 Å². The molecule has 3 heterocycles. The Morgan fingerprint density at radius 1 is 1.03 bits per heavy atom. The van der Waals surface area contributed by atoms with E-state index in [0.29, 0.717) is 28.7 Å². The van der Waals surface area contributed by atoms with E-state index >= 15 is 0 Å². The van der Waals surface area contributed by atoms with E-state index in [4.69, 9.17) is 9.47 Å². The number of fused-ring (bicyclic) bond motifs is 1. The Morgan fingerprint density at radius 2 is 1.74 bits per heavy atom. The van der Waals surface area contributed by atoms with Crippen LogP contribution in [0.2, 0.25) is 0 Å². The van der Waals surface area contributed by atoms with Gasteiger partial charge < -0.3 is 19.9 Å². The van der Waals surface area contributed by atoms with Gasteiger partial charge in [-0.2, -0.15) is 0 Å². The number of ether oxygens (including phenoxy) is 2. The largest absolute Gasteiger partial charge is 0.456 e. The summed E-state index contributed by atoms with van der Waals surface area (Å²) in [5.41, 5.74) is 1.74. The maximum Gasteiger partial charge on any atom is 0.338 e. The van der Waals surface area contributed by atoms with Crippen molar-refractivity contribution in [2.45, 2.75) is 24.9 Å². The molecule has 0 aliphatic carbocycles. The van der Waals surface area contributed by atoms with Crippen LogP contribution >= 0.6 is 0 Å². The van der Waals surface area contributed by atoms with Gasteiger partial charge in [-0.15, -0.1) is 0 Å². The second-order valence-corrected chi connectivity index (χ2v) is 7.72. The number of anilines is 1. The molecule has 1 fully saturated rings. The monoisotopic (exact) mass is 459 g/mol. The first-order valence-electron chi connectivity index (χ1n) is 10.7. The van der Waals surface area contributed by atoms with Crippen LogP contribution in [0, 0.1) is 0 Å². The van der Waals surface area contributed by atoms with Crippen LogP contribution in [-0.4, -0.2) is 55.3 Å². The van der Waals surface area contributed by atoms with Gasteiger partial charge in [-0.25, -0.2) is 19.7 Å². The quantitative estimate of drug-likeness (QED) is 0.421. The summed E-state index contributed by atoms with van der Waals surface area (Å²) in [5, 5.41) is 12.5. The first kappa shape index (κ1) is 21.7. The summed E-state index contributed by atoms with van der Waals surface area (Å²) in [5.74, 6) is -0.543. The molecule has 5 rings (SSSR count). The number of imidazole rings is 1. The van der Waals surface area contributed by atoms with Crippen molar-refractivity contribution in [3.05, 3.63) is 84.4 Å². The van der Waals surface area contributed by atoms with E-state index in [1.807, 2.05) is 12.1 Å².